The highest BCUT2D eigenvalue weighted by molar-refractivity contribution is 6.31. The third-order valence-electron chi connectivity index (χ3n) is 5.90. The summed E-state index contributed by atoms with van der Waals surface area (Å²) >= 11 is 6.12. The molecule has 2 fully saturated rings. The van der Waals surface area contributed by atoms with Crippen molar-refractivity contribution in [2.24, 2.45) is 5.92 Å². The highest BCUT2D eigenvalue weighted by Crippen LogP contribution is 2.31. The number of hydrogen-bond donors (Lipinski definition) is 0. The number of carbonyl (C=O) groups is 2. The average Bonchev–Trinajstić information content (AvgIpc) is 3.12. The van der Waals surface area contributed by atoms with Crippen LogP contribution in [-0.4, -0.2) is 54.3 Å². The van der Waals surface area contributed by atoms with E-state index in [9.17, 15) is 9.59 Å². The maximum atomic E-state index is 13.0. The number of halogens is 1. The third kappa shape index (κ3) is 4.31. The number of carbonyl (C=O) groups excluding carboxylic acids is 2. The summed E-state index contributed by atoms with van der Waals surface area (Å²) in [6.45, 7) is 6.42. The van der Waals surface area contributed by atoms with Crippen LogP contribution in [-0.2, 0) is 16.1 Å². The number of anilines is 1. The van der Waals surface area contributed by atoms with Gasteiger partial charge in [0.2, 0.25) is 11.8 Å². The summed E-state index contributed by atoms with van der Waals surface area (Å²) in [7, 11) is 0. The second-order valence-electron chi connectivity index (χ2n) is 7.85. The number of nitrogens with zero attached hydrogens (tertiary/aromatic N) is 3. The van der Waals surface area contributed by atoms with E-state index in [1.165, 1.54) is 5.56 Å². The Morgan fingerprint density at radius 2 is 1.76 bits per heavy atom. The van der Waals surface area contributed by atoms with E-state index in [1.54, 1.807) is 4.90 Å². The van der Waals surface area contributed by atoms with Crippen LogP contribution in [0.1, 0.15) is 17.5 Å². The summed E-state index contributed by atoms with van der Waals surface area (Å²) in [5.74, 6) is -0.710. The molecule has 0 spiro atoms. The fraction of sp³-hybridized carbons (Fsp3) is 0.391. The molecule has 0 aliphatic carbocycles. The molecule has 2 aliphatic rings. The van der Waals surface area contributed by atoms with E-state index in [-0.39, 0.29) is 11.8 Å². The number of hydrogen-bond acceptors (Lipinski definition) is 3. The van der Waals surface area contributed by atoms with Crippen molar-refractivity contribution in [3.05, 3.63) is 64.7 Å². The second-order valence-corrected chi connectivity index (χ2v) is 8.29. The number of benzene rings is 2. The molecule has 4 rings (SSSR count). The lowest BCUT2D eigenvalue weighted by atomic mass is 10.1. The highest BCUT2D eigenvalue weighted by atomic mass is 35.5. The smallest absolute Gasteiger partial charge is 0.239 e. The molecule has 2 saturated heterocycles. The van der Waals surface area contributed by atoms with Gasteiger partial charge in [0.15, 0.2) is 0 Å². The minimum atomic E-state index is -0.575. The molecule has 0 radical (unpaired) electrons. The molecule has 2 amide bonds. The molecule has 152 valence electrons. The quantitative estimate of drug-likeness (QED) is 0.725. The molecule has 1 atom stereocenters. The van der Waals surface area contributed by atoms with Crippen LogP contribution in [0, 0.1) is 12.8 Å². The van der Waals surface area contributed by atoms with Crippen molar-refractivity contribution in [1.29, 1.82) is 0 Å². The van der Waals surface area contributed by atoms with Crippen LogP contribution in [0.5, 0.6) is 0 Å². The predicted octanol–water partition coefficient (Wildman–Crippen LogP) is 3.35. The van der Waals surface area contributed by atoms with Crippen LogP contribution >= 0.6 is 11.6 Å². The summed E-state index contributed by atoms with van der Waals surface area (Å²) < 4.78 is 0. The molecule has 29 heavy (non-hydrogen) atoms. The van der Waals surface area contributed by atoms with Crippen molar-refractivity contribution in [2.75, 3.05) is 37.6 Å². The monoisotopic (exact) mass is 411 g/mol. The standard InChI is InChI=1S/C23H26ClN3O2/c1-17-7-8-19(24)15-21(17)27-10-9-20(23(27)29)22(28)26-13-11-25(12-14-26)16-18-5-3-2-4-6-18/h2-8,15,20H,9-14,16H2,1H3/t20-/m1/s1. The van der Waals surface area contributed by atoms with Crippen LogP contribution in [0.2, 0.25) is 5.02 Å². The van der Waals surface area contributed by atoms with Crippen molar-refractivity contribution in [3.63, 3.8) is 0 Å². The van der Waals surface area contributed by atoms with E-state index < -0.39 is 5.92 Å². The molecular formula is C23H26ClN3O2. The zero-order chi connectivity index (χ0) is 20.4. The molecule has 2 aliphatic heterocycles. The topological polar surface area (TPSA) is 43.9 Å². The molecule has 6 heteroatoms. The van der Waals surface area contributed by atoms with Gasteiger partial charge in [-0.3, -0.25) is 14.5 Å². The van der Waals surface area contributed by atoms with Crippen LogP contribution in [0.4, 0.5) is 5.69 Å². The van der Waals surface area contributed by atoms with Crippen molar-refractivity contribution >= 4 is 29.1 Å². The Kier molecular flexibility index (Phi) is 5.88. The first-order valence-corrected chi connectivity index (χ1v) is 10.5. The maximum absolute atomic E-state index is 13.0. The van der Waals surface area contributed by atoms with Crippen LogP contribution in [0.25, 0.3) is 0 Å². The first-order chi connectivity index (χ1) is 14.0. The zero-order valence-corrected chi connectivity index (χ0v) is 17.4. The van der Waals surface area contributed by atoms with Gasteiger partial charge in [-0.15, -0.1) is 0 Å². The number of rotatable bonds is 4. The minimum Gasteiger partial charge on any atom is -0.339 e. The SMILES string of the molecule is Cc1ccc(Cl)cc1N1CC[C@H](C(=O)N2CCN(Cc3ccccc3)CC2)C1=O. The van der Waals surface area contributed by atoms with Gasteiger partial charge in [-0.1, -0.05) is 48.0 Å². The number of amides is 2. The Bertz CT molecular complexity index is 894. The van der Waals surface area contributed by atoms with E-state index in [4.69, 9.17) is 11.6 Å². The van der Waals surface area contributed by atoms with E-state index in [0.29, 0.717) is 31.1 Å². The fourth-order valence-electron chi connectivity index (χ4n) is 4.21. The van der Waals surface area contributed by atoms with Gasteiger partial charge in [-0.25, -0.2) is 0 Å². The normalized spacial score (nSPS) is 20.3. The molecule has 0 saturated carbocycles. The van der Waals surface area contributed by atoms with Gasteiger partial charge in [0, 0.05) is 50.0 Å². The maximum Gasteiger partial charge on any atom is 0.239 e. The fourth-order valence-corrected chi connectivity index (χ4v) is 4.38. The second kappa shape index (κ2) is 8.56. The Morgan fingerprint density at radius 3 is 2.48 bits per heavy atom. The first kappa shape index (κ1) is 19.9. The Labute approximate surface area is 176 Å². The van der Waals surface area contributed by atoms with Crippen molar-refractivity contribution in [3.8, 4) is 0 Å². The lowest BCUT2D eigenvalue weighted by Gasteiger charge is -2.35. The largest absolute Gasteiger partial charge is 0.339 e. The summed E-state index contributed by atoms with van der Waals surface area (Å²) in [4.78, 5) is 32.0. The van der Waals surface area contributed by atoms with E-state index in [2.05, 4.69) is 17.0 Å². The zero-order valence-electron chi connectivity index (χ0n) is 16.7. The van der Waals surface area contributed by atoms with Gasteiger partial charge in [0.25, 0.3) is 0 Å². The van der Waals surface area contributed by atoms with Gasteiger partial charge in [0.1, 0.15) is 5.92 Å². The molecule has 2 aromatic rings. The summed E-state index contributed by atoms with van der Waals surface area (Å²) in [6.07, 6.45) is 0.563. The van der Waals surface area contributed by atoms with Crippen molar-refractivity contribution in [1.82, 2.24) is 9.80 Å². The number of piperazine rings is 1. The predicted molar refractivity (Wildman–Crippen MR) is 115 cm³/mol. The van der Waals surface area contributed by atoms with E-state index in [0.717, 1.165) is 30.9 Å². The van der Waals surface area contributed by atoms with Crippen LogP contribution < -0.4 is 4.90 Å². The average molecular weight is 412 g/mol. The first-order valence-electron chi connectivity index (χ1n) is 10.2. The van der Waals surface area contributed by atoms with Gasteiger partial charge in [0.05, 0.1) is 0 Å². The number of aryl methyl sites for hydroxylation is 1. The molecule has 0 unspecified atom stereocenters. The molecule has 0 N–H and O–H groups in total. The van der Waals surface area contributed by atoms with E-state index in [1.807, 2.05) is 48.2 Å². The summed E-state index contributed by atoms with van der Waals surface area (Å²) in [6, 6.07) is 15.9. The van der Waals surface area contributed by atoms with Gasteiger partial charge in [-0.2, -0.15) is 0 Å². The lowest BCUT2D eigenvalue weighted by Crippen LogP contribution is -2.51. The molecule has 0 bridgehead atoms. The summed E-state index contributed by atoms with van der Waals surface area (Å²) in [5, 5.41) is 0.600. The Hall–Kier alpha value is -2.37. The van der Waals surface area contributed by atoms with Crippen LogP contribution in [0.15, 0.2) is 48.5 Å². The van der Waals surface area contributed by atoms with E-state index >= 15 is 0 Å². The Morgan fingerprint density at radius 1 is 1.03 bits per heavy atom. The molecule has 2 heterocycles. The lowest BCUT2D eigenvalue weighted by molar-refractivity contribution is -0.141. The summed E-state index contributed by atoms with van der Waals surface area (Å²) in [5.41, 5.74) is 3.08. The van der Waals surface area contributed by atoms with Crippen molar-refractivity contribution in [2.45, 2.75) is 19.9 Å². The van der Waals surface area contributed by atoms with Crippen molar-refractivity contribution < 1.29 is 9.59 Å². The van der Waals surface area contributed by atoms with Gasteiger partial charge >= 0.3 is 0 Å². The van der Waals surface area contributed by atoms with Crippen LogP contribution in [0.3, 0.4) is 0 Å². The molecule has 0 aromatic heterocycles. The minimum absolute atomic E-state index is 0.0310. The van der Waals surface area contributed by atoms with Gasteiger partial charge < -0.3 is 9.80 Å². The molecule has 2 aromatic carbocycles. The third-order valence-corrected chi connectivity index (χ3v) is 6.13. The Balaban J connectivity index is 1.36. The molecule has 5 nitrogen and oxygen atoms in total. The van der Waals surface area contributed by atoms with Gasteiger partial charge in [-0.05, 0) is 36.6 Å². The highest BCUT2D eigenvalue weighted by Gasteiger charge is 2.40. The molecular weight excluding hydrogens is 386 g/mol.